The Morgan fingerprint density at radius 3 is 2.94 bits per heavy atom. The van der Waals surface area contributed by atoms with Gasteiger partial charge in [0.2, 0.25) is 0 Å². The molecular weight excluding hydrogens is 230 g/mol. The molecule has 0 amide bonds. The van der Waals surface area contributed by atoms with Crippen molar-refractivity contribution in [2.75, 3.05) is 20.3 Å². The number of hydrogen-bond donors (Lipinski definition) is 1. The van der Waals surface area contributed by atoms with Gasteiger partial charge in [0.25, 0.3) is 0 Å². The highest BCUT2D eigenvalue weighted by Gasteiger charge is 2.19. The van der Waals surface area contributed by atoms with Gasteiger partial charge in [0, 0.05) is 18.5 Å². The summed E-state index contributed by atoms with van der Waals surface area (Å²) in [5.74, 6) is 1.67. The van der Waals surface area contributed by atoms with Crippen molar-refractivity contribution in [2.45, 2.75) is 31.9 Å². The Kier molecular flexibility index (Phi) is 4.44. The average molecular weight is 251 g/mol. The quantitative estimate of drug-likeness (QED) is 0.866. The van der Waals surface area contributed by atoms with E-state index >= 15 is 0 Å². The van der Waals surface area contributed by atoms with E-state index in [0.29, 0.717) is 6.61 Å². The molecule has 100 valence electrons. The van der Waals surface area contributed by atoms with Crippen molar-refractivity contribution in [3.05, 3.63) is 23.8 Å². The molecule has 1 fully saturated rings. The van der Waals surface area contributed by atoms with Crippen molar-refractivity contribution in [3.63, 3.8) is 0 Å². The zero-order valence-corrected chi connectivity index (χ0v) is 11.0. The van der Waals surface area contributed by atoms with Gasteiger partial charge in [0.1, 0.15) is 17.6 Å². The van der Waals surface area contributed by atoms with E-state index < -0.39 is 0 Å². The van der Waals surface area contributed by atoms with Crippen molar-refractivity contribution >= 4 is 0 Å². The van der Waals surface area contributed by atoms with Crippen molar-refractivity contribution in [1.82, 2.24) is 0 Å². The first-order valence-electron chi connectivity index (χ1n) is 6.36. The normalized spacial score (nSPS) is 20.7. The van der Waals surface area contributed by atoms with Crippen molar-refractivity contribution in [1.29, 1.82) is 0 Å². The first-order chi connectivity index (χ1) is 8.69. The molecule has 2 unspecified atom stereocenters. The molecule has 0 bridgehead atoms. The third kappa shape index (κ3) is 3.37. The fourth-order valence-corrected chi connectivity index (χ4v) is 2.07. The van der Waals surface area contributed by atoms with E-state index in [4.69, 9.17) is 19.9 Å². The molecule has 0 aliphatic carbocycles. The van der Waals surface area contributed by atoms with Crippen LogP contribution in [0.4, 0.5) is 0 Å². The van der Waals surface area contributed by atoms with Gasteiger partial charge in [0.05, 0.1) is 20.3 Å². The monoisotopic (exact) mass is 251 g/mol. The smallest absolute Gasteiger partial charge is 0.126 e. The van der Waals surface area contributed by atoms with Crippen molar-refractivity contribution in [2.24, 2.45) is 5.73 Å². The molecular formula is C14H21NO3. The summed E-state index contributed by atoms with van der Waals surface area (Å²) in [6.45, 7) is 3.43. The molecule has 0 radical (unpaired) electrons. The van der Waals surface area contributed by atoms with Crippen molar-refractivity contribution in [3.8, 4) is 11.5 Å². The lowest BCUT2D eigenvalue weighted by molar-refractivity contribution is 0.140. The fourth-order valence-electron chi connectivity index (χ4n) is 2.07. The highest BCUT2D eigenvalue weighted by Crippen LogP contribution is 2.28. The molecule has 2 atom stereocenters. The van der Waals surface area contributed by atoms with E-state index in [2.05, 4.69) is 0 Å². The Morgan fingerprint density at radius 1 is 1.50 bits per heavy atom. The van der Waals surface area contributed by atoms with Gasteiger partial charge in [0.15, 0.2) is 0 Å². The Morgan fingerprint density at radius 2 is 2.33 bits per heavy atom. The first-order valence-corrected chi connectivity index (χ1v) is 6.36. The van der Waals surface area contributed by atoms with E-state index in [0.717, 1.165) is 36.5 Å². The van der Waals surface area contributed by atoms with E-state index in [1.54, 1.807) is 7.11 Å². The van der Waals surface area contributed by atoms with Crippen molar-refractivity contribution < 1.29 is 14.2 Å². The summed E-state index contributed by atoms with van der Waals surface area (Å²) in [4.78, 5) is 0. The maximum Gasteiger partial charge on any atom is 0.126 e. The lowest BCUT2D eigenvalue weighted by Crippen LogP contribution is -2.20. The Hall–Kier alpha value is -1.26. The maximum atomic E-state index is 5.99. The first kappa shape index (κ1) is 13.2. The second kappa shape index (κ2) is 6.07. The highest BCUT2D eigenvalue weighted by atomic mass is 16.5. The molecule has 4 heteroatoms. The minimum absolute atomic E-state index is 0.112. The lowest BCUT2D eigenvalue weighted by Gasteiger charge is -2.17. The van der Waals surface area contributed by atoms with Gasteiger partial charge < -0.3 is 19.9 Å². The summed E-state index contributed by atoms with van der Waals surface area (Å²) < 4.78 is 16.6. The van der Waals surface area contributed by atoms with Crippen LogP contribution in [0.15, 0.2) is 18.2 Å². The molecule has 0 spiro atoms. The second-order valence-corrected chi connectivity index (χ2v) is 4.76. The zero-order valence-electron chi connectivity index (χ0n) is 11.0. The maximum absolute atomic E-state index is 5.99. The van der Waals surface area contributed by atoms with Gasteiger partial charge in [-0.2, -0.15) is 0 Å². The molecule has 4 nitrogen and oxygen atoms in total. The van der Waals surface area contributed by atoms with Crippen LogP contribution in [0.2, 0.25) is 0 Å². The van der Waals surface area contributed by atoms with Crippen LogP contribution in [0.25, 0.3) is 0 Å². The fraction of sp³-hybridized carbons (Fsp3) is 0.571. The number of nitrogens with two attached hydrogens (primary N) is 1. The second-order valence-electron chi connectivity index (χ2n) is 4.76. The van der Waals surface area contributed by atoms with Crippen LogP contribution in [-0.4, -0.2) is 32.5 Å². The standard InChI is InChI=1S/C14H21NO3/c1-10(15)7-11-3-4-12(16-2)8-14(11)18-13-5-6-17-9-13/h3-4,8,10,13H,5-7,9,15H2,1-2H3. The van der Waals surface area contributed by atoms with Crippen LogP contribution in [0, 0.1) is 0 Å². The molecule has 1 saturated heterocycles. The molecule has 2 N–H and O–H groups in total. The van der Waals surface area contributed by atoms with E-state index in [1.807, 2.05) is 25.1 Å². The molecule has 18 heavy (non-hydrogen) atoms. The summed E-state index contributed by atoms with van der Waals surface area (Å²) in [5, 5.41) is 0. The number of methoxy groups -OCH3 is 1. The SMILES string of the molecule is COc1ccc(CC(C)N)c(OC2CCOC2)c1. The Bertz CT molecular complexity index is 387. The van der Waals surface area contributed by atoms with Crippen LogP contribution in [0.3, 0.4) is 0 Å². The van der Waals surface area contributed by atoms with Gasteiger partial charge >= 0.3 is 0 Å². The molecule has 1 heterocycles. The third-order valence-electron chi connectivity index (χ3n) is 3.00. The summed E-state index contributed by atoms with van der Waals surface area (Å²) in [6.07, 6.45) is 1.88. The number of ether oxygens (including phenoxy) is 3. The molecule has 1 aliphatic rings. The highest BCUT2D eigenvalue weighted by molar-refractivity contribution is 5.41. The molecule has 1 aliphatic heterocycles. The Balaban J connectivity index is 2.16. The third-order valence-corrected chi connectivity index (χ3v) is 3.00. The molecule has 1 aromatic carbocycles. The van der Waals surface area contributed by atoms with Crippen LogP contribution in [0.5, 0.6) is 11.5 Å². The number of rotatable bonds is 5. The number of benzene rings is 1. The van der Waals surface area contributed by atoms with Crippen LogP contribution in [0.1, 0.15) is 18.9 Å². The van der Waals surface area contributed by atoms with E-state index in [1.165, 1.54) is 0 Å². The molecule has 0 aromatic heterocycles. The predicted molar refractivity (Wildman–Crippen MR) is 70.2 cm³/mol. The van der Waals surface area contributed by atoms with Gasteiger partial charge in [-0.05, 0) is 25.0 Å². The summed E-state index contributed by atoms with van der Waals surface area (Å²) in [6, 6.07) is 6.00. The van der Waals surface area contributed by atoms with E-state index in [-0.39, 0.29) is 12.1 Å². The largest absolute Gasteiger partial charge is 0.497 e. The lowest BCUT2D eigenvalue weighted by atomic mass is 10.1. The minimum atomic E-state index is 0.112. The molecule has 1 aromatic rings. The van der Waals surface area contributed by atoms with Crippen LogP contribution < -0.4 is 15.2 Å². The molecule has 0 saturated carbocycles. The summed E-state index contributed by atoms with van der Waals surface area (Å²) >= 11 is 0. The number of hydrogen-bond acceptors (Lipinski definition) is 4. The van der Waals surface area contributed by atoms with Gasteiger partial charge in [-0.1, -0.05) is 6.07 Å². The average Bonchev–Trinajstić information content (AvgIpc) is 2.83. The topological polar surface area (TPSA) is 53.7 Å². The van der Waals surface area contributed by atoms with Crippen LogP contribution >= 0.6 is 0 Å². The molecule has 2 rings (SSSR count). The van der Waals surface area contributed by atoms with E-state index in [9.17, 15) is 0 Å². The summed E-state index contributed by atoms with van der Waals surface area (Å²) in [7, 11) is 1.66. The Labute approximate surface area is 108 Å². The van der Waals surface area contributed by atoms with Gasteiger partial charge in [-0.25, -0.2) is 0 Å². The van der Waals surface area contributed by atoms with Crippen LogP contribution in [-0.2, 0) is 11.2 Å². The van der Waals surface area contributed by atoms with Gasteiger partial charge in [-0.15, -0.1) is 0 Å². The minimum Gasteiger partial charge on any atom is -0.497 e. The van der Waals surface area contributed by atoms with Gasteiger partial charge in [-0.3, -0.25) is 0 Å². The zero-order chi connectivity index (χ0) is 13.0. The predicted octanol–water partition coefficient (Wildman–Crippen LogP) is 1.75. The summed E-state index contributed by atoms with van der Waals surface area (Å²) in [5.41, 5.74) is 6.98.